The lowest BCUT2D eigenvalue weighted by molar-refractivity contribution is 0.294. The molecular weight excluding hydrogens is 437 g/mol. The van der Waals surface area contributed by atoms with Gasteiger partial charge in [-0.2, -0.15) is 0 Å². The van der Waals surface area contributed by atoms with Gasteiger partial charge in [0.2, 0.25) is 0 Å². The van der Waals surface area contributed by atoms with Crippen LogP contribution in [-0.4, -0.2) is 6.61 Å². The average molecular weight is 469 g/mol. The van der Waals surface area contributed by atoms with Gasteiger partial charge in [-0.1, -0.05) is 37.6 Å². The van der Waals surface area contributed by atoms with Crippen LogP contribution in [0.3, 0.4) is 0 Å². The first-order valence-electron chi connectivity index (χ1n) is 12.1. The summed E-state index contributed by atoms with van der Waals surface area (Å²) in [7, 11) is 0. The minimum atomic E-state index is -0.830. The molecule has 5 heteroatoms. The molecule has 0 bridgehead atoms. The van der Waals surface area contributed by atoms with E-state index in [2.05, 4.69) is 6.92 Å². The van der Waals surface area contributed by atoms with Gasteiger partial charge < -0.3 is 9.47 Å². The molecule has 1 aliphatic rings. The van der Waals surface area contributed by atoms with E-state index in [4.69, 9.17) is 9.47 Å². The van der Waals surface area contributed by atoms with E-state index in [9.17, 15) is 13.2 Å². The Hall–Kier alpha value is -2.95. The van der Waals surface area contributed by atoms with Crippen LogP contribution in [0.25, 0.3) is 11.1 Å². The highest BCUT2D eigenvalue weighted by molar-refractivity contribution is 5.65. The first kappa shape index (κ1) is 24.2. The van der Waals surface area contributed by atoms with Crippen LogP contribution in [0.5, 0.6) is 11.5 Å². The zero-order chi connectivity index (χ0) is 24.1. The molecule has 0 unspecified atom stereocenters. The molecule has 3 aromatic rings. The molecule has 1 saturated carbocycles. The summed E-state index contributed by atoms with van der Waals surface area (Å²) in [5.41, 5.74) is 1.81. The fourth-order valence-corrected chi connectivity index (χ4v) is 4.79. The van der Waals surface area contributed by atoms with Gasteiger partial charge in [-0.05, 0) is 79.8 Å². The third kappa shape index (κ3) is 5.40. The van der Waals surface area contributed by atoms with Crippen molar-refractivity contribution in [2.24, 2.45) is 5.92 Å². The number of hydrogen-bond donors (Lipinski definition) is 0. The molecule has 1 fully saturated rings. The normalized spacial score (nSPS) is 18.0. The Labute approximate surface area is 199 Å². The van der Waals surface area contributed by atoms with Crippen LogP contribution in [0.15, 0.2) is 54.6 Å². The fraction of sp³-hybridized carbons (Fsp3) is 0.379. The summed E-state index contributed by atoms with van der Waals surface area (Å²) in [5.74, 6) is -0.183. The maximum Gasteiger partial charge on any atom is 0.165 e. The standard InChI is InChI=1S/C29H31F3O2/c1-3-19-5-7-21(8-6-19)26-15-11-22(28(31)29(26)32)18-34-23-12-9-20(10-13-23)25-16-14-24(33-4-2)17-27(25)30/h9-17,19,21H,3-8,18H2,1-2H3. The van der Waals surface area contributed by atoms with Crippen LogP contribution in [0.2, 0.25) is 0 Å². The molecule has 0 aliphatic heterocycles. The SMILES string of the molecule is CCOc1ccc(-c2ccc(OCc3ccc(C4CCC(CC)CC4)c(F)c3F)cc2)c(F)c1. The summed E-state index contributed by atoms with van der Waals surface area (Å²) < 4.78 is 55.0. The molecule has 1 aliphatic carbocycles. The highest BCUT2D eigenvalue weighted by Crippen LogP contribution is 2.38. The second kappa shape index (κ2) is 11.0. The summed E-state index contributed by atoms with van der Waals surface area (Å²) >= 11 is 0. The monoisotopic (exact) mass is 468 g/mol. The number of rotatable bonds is 8. The number of hydrogen-bond acceptors (Lipinski definition) is 2. The smallest absolute Gasteiger partial charge is 0.165 e. The Morgan fingerprint density at radius 3 is 2.12 bits per heavy atom. The molecule has 0 saturated heterocycles. The summed E-state index contributed by atoms with van der Waals surface area (Å²) in [4.78, 5) is 0. The molecule has 0 spiro atoms. The topological polar surface area (TPSA) is 18.5 Å². The largest absolute Gasteiger partial charge is 0.494 e. The lowest BCUT2D eigenvalue weighted by Gasteiger charge is -2.28. The van der Waals surface area contributed by atoms with Crippen LogP contribution < -0.4 is 9.47 Å². The molecule has 0 heterocycles. The summed E-state index contributed by atoms with van der Waals surface area (Å²) in [5, 5.41) is 0. The fourth-order valence-electron chi connectivity index (χ4n) is 4.79. The zero-order valence-corrected chi connectivity index (χ0v) is 19.8. The van der Waals surface area contributed by atoms with E-state index in [1.165, 1.54) is 6.07 Å². The van der Waals surface area contributed by atoms with Gasteiger partial charge >= 0.3 is 0 Å². The van der Waals surface area contributed by atoms with E-state index in [1.807, 2.05) is 6.92 Å². The Morgan fingerprint density at radius 1 is 0.765 bits per heavy atom. The van der Waals surface area contributed by atoms with Gasteiger partial charge in [-0.15, -0.1) is 0 Å². The van der Waals surface area contributed by atoms with Crippen LogP contribution in [0, 0.1) is 23.4 Å². The Morgan fingerprint density at radius 2 is 1.47 bits per heavy atom. The Kier molecular flexibility index (Phi) is 7.81. The Bertz CT molecular complexity index is 1100. The van der Waals surface area contributed by atoms with E-state index >= 15 is 0 Å². The lowest BCUT2D eigenvalue weighted by atomic mass is 9.77. The predicted molar refractivity (Wildman–Crippen MR) is 129 cm³/mol. The molecule has 0 aromatic heterocycles. The van der Waals surface area contributed by atoms with E-state index < -0.39 is 11.6 Å². The second-order valence-electron chi connectivity index (χ2n) is 8.96. The molecule has 4 rings (SSSR count). The van der Waals surface area contributed by atoms with Crippen LogP contribution in [-0.2, 0) is 6.61 Å². The lowest BCUT2D eigenvalue weighted by Crippen LogP contribution is -2.15. The number of ether oxygens (including phenoxy) is 2. The van der Waals surface area contributed by atoms with Gasteiger partial charge in [-0.25, -0.2) is 13.2 Å². The molecule has 0 N–H and O–H groups in total. The first-order valence-corrected chi connectivity index (χ1v) is 12.1. The molecule has 0 radical (unpaired) electrons. The van der Waals surface area contributed by atoms with Gasteiger partial charge in [0.15, 0.2) is 11.6 Å². The number of halogens is 3. The predicted octanol–water partition coefficient (Wildman–Crippen LogP) is 8.43. The maximum absolute atomic E-state index is 14.8. The van der Waals surface area contributed by atoms with Crippen molar-refractivity contribution in [2.45, 2.75) is 58.5 Å². The highest BCUT2D eigenvalue weighted by atomic mass is 19.2. The van der Waals surface area contributed by atoms with E-state index in [0.29, 0.717) is 40.7 Å². The first-order chi connectivity index (χ1) is 16.5. The molecular formula is C29H31F3O2. The summed E-state index contributed by atoms with van der Waals surface area (Å²) in [6, 6.07) is 15.0. The summed E-state index contributed by atoms with van der Waals surface area (Å²) in [6.45, 7) is 4.42. The van der Waals surface area contributed by atoms with Gasteiger partial charge in [0.05, 0.1) is 6.61 Å². The van der Waals surface area contributed by atoms with E-state index in [-0.39, 0.29) is 23.9 Å². The third-order valence-corrected chi connectivity index (χ3v) is 6.87. The van der Waals surface area contributed by atoms with Crippen molar-refractivity contribution >= 4 is 0 Å². The van der Waals surface area contributed by atoms with Gasteiger partial charge in [0, 0.05) is 17.2 Å². The van der Waals surface area contributed by atoms with Gasteiger partial charge in [-0.3, -0.25) is 0 Å². The van der Waals surface area contributed by atoms with Crippen molar-refractivity contribution in [3.63, 3.8) is 0 Å². The van der Waals surface area contributed by atoms with Crippen LogP contribution in [0.4, 0.5) is 13.2 Å². The molecule has 2 nitrogen and oxygen atoms in total. The van der Waals surface area contributed by atoms with Crippen LogP contribution in [0.1, 0.15) is 63.0 Å². The minimum Gasteiger partial charge on any atom is -0.494 e. The molecule has 34 heavy (non-hydrogen) atoms. The van der Waals surface area contributed by atoms with Crippen LogP contribution >= 0.6 is 0 Å². The molecule has 3 aromatic carbocycles. The Balaban J connectivity index is 1.40. The van der Waals surface area contributed by atoms with E-state index in [1.54, 1.807) is 48.5 Å². The quantitative estimate of drug-likeness (QED) is 0.330. The minimum absolute atomic E-state index is 0.0810. The van der Waals surface area contributed by atoms with Gasteiger partial charge in [0.25, 0.3) is 0 Å². The average Bonchev–Trinajstić information content (AvgIpc) is 2.86. The second-order valence-corrected chi connectivity index (χ2v) is 8.96. The van der Waals surface area contributed by atoms with E-state index in [0.717, 1.165) is 32.1 Å². The van der Waals surface area contributed by atoms with Gasteiger partial charge in [0.1, 0.15) is 23.9 Å². The number of benzene rings is 3. The van der Waals surface area contributed by atoms with Crippen molar-refractivity contribution in [1.29, 1.82) is 0 Å². The molecule has 180 valence electrons. The van der Waals surface area contributed by atoms with Crippen molar-refractivity contribution in [2.75, 3.05) is 6.61 Å². The molecule has 0 atom stereocenters. The molecule has 0 amide bonds. The summed E-state index contributed by atoms with van der Waals surface area (Å²) in [6.07, 6.45) is 5.11. The van der Waals surface area contributed by atoms with Crippen molar-refractivity contribution in [3.05, 3.63) is 83.2 Å². The third-order valence-electron chi connectivity index (χ3n) is 6.87. The maximum atomic E-state index is 14.8. The highest BCUT2D eigenvalue weighted by Gasteiger charge is 2.25. The zero-order valence-electron chi connectivity index (χ0n) is 19.8. The van der Waals surface area contributed by atoms with Crippen molar-refractivity contribution in [1.82, 2.24) is 0 Å². The van der Waals surface area contributed by atoms with Crippen molar-refractivity contribution < 1.29 is 22.6 Å². The van der Waals surface area contributed by atoms with Crippen molar-refractivity contribution in [3.8, 4) is 22.6 Å².